The van der Waals surface area contributed by atoms with Gasteiger partial charge in [0.15, 0.2) is 0 Å². The molecule has 1 aromatic rings. The summed E-state index contributed by atoms with van der Waals surface area (Å²) in [5.41, 5.74) is 0.213. The van der Waals surface area contributed by atoms with Gasteiger partial charge in [0.25, 0.3) is 0 Å². The van der Waals surface area contributed by atoms with Gasteiger partial charge < -0.3 is 10.1 Å². The molecule has 1 rings (SSSR count). The van der Waals surface area contributed by atoms with Crippen LogP contribution in [-0.4, -0.2) is 20.2 Å². The molecule has 0 aliphatic rings. The van der Waals surface area contributed by atoms with Crippen LogP contribution in [0.1, 0.15) is 45.6 Å². The first-order valence-corrected chi connectivity index (χ1v) is 7.62. The van der Waals surface area contributed by atoms with E-state index in [4.69, 9.17) is 4.74 Å². The average molecular weight is 299 g/mol. The van der Waals surface area contributed by atoms with Crippen LogP contribution in [0.2, 0.25) is 0 Å². The molecule has 1 aromatic carbocycles. The zero-order valence-corrected chi connectivity index (χ0v) is 13.6. The minimum atomic E-state index is -0.522. The second-order valence-corrected chi connectivity index (χ2v) is 6.23. The quantitative estimate of drug-likeness (QED) is 0.686. The molecule has 0 bridgehead atoms. The van der Waals surface area contributed by atoms with Gasteiger partial charge in [-0.15, -0.1) is 0 Å². The molecule has 0 unspecified atom stereocenters. The Labute approximate surface area is 126 Å². The summed E-state index contributed by atoms with van der Waals surface area (Å²) in [7, 11) is 1.40. The Balaban J connectivity index is 2.57. The second kappa shape index (κ2) is 8.32. The molecule has 1 N–H and O–H groups in total. The molecule has 21 heavy (non-hydrogen) atoms. The Morgan fingerprint density at radius 2 is 1.71 bits per heavy atom. The Morgan fingerprint density at radius 1 is 1.10 bits per heavy atom. The van der Waals surface area contributed by atoms with Gasteiger partial charge in [0.1, 0.15) is 17.4 Å². The Bertz CT molecular complexity index is 423. The highest BCUT2D eigenvalue weighted by Crippen LogP contribution is 2.29. The van der Waals surface area contributed by atoms with E-state index in [1.807, 2.05) is 0 Å². The predicted octanol–water partition coefficient (Wildman–Crippen LogP) is 4.32. The minimum Gasteiger partial charge on any atom is -0.497 e. The fourth-order valence-electron chi connectivity index (χ4n) is 2.25. The first-order valence-electron chi connectivity index (χ1n) is 7.62. The van der Waals surface area contributed by atoms with E-state index in [2.05, 4.69) is 26.1 Å². The maximum atomic E-state index is 13.9. The van der Waals surface area contributed by atoms with Crippen LogP contribution in [0.15, 0.2) is 12.1 Å². The van der Waals surface area contributed by atoms with Crippen LogP contribution < -0.4 is 10.1 Å². The van der Waals surface area contributed by atoms with Gasteiger partial charge in [0.2, 0.25) is 0 Å². The standard InChI is InChI=1S/C17H27F2NO/c1-5-9-20-10-8-17(2,3)7-6-14-15(18)11-13(21-4)12-16(14)19/h11-12,20H,5-10H2,1-4H3. The number of ether oxygens (including phenoxy) is 1. The van der Waals surface area contributed by atoms with E-state index >= 15 is 0 Å². The molecular weight excluding hydrogens is 272 g/mol. The largest absolute Gasteiger partial charge is 0.497 e. The summed E-state index contributed by atoms with van der Waals surface area (Å²) < 4.78 is 32.7. The van der Waals surface area contributed by atoms with Crippen molar-refractivity contribution < 1.29 is 13.5 Å². The average Bonchev–Trinajstić information content (AvgIpc) is 2.42. The molecule has 0 saturated carbocycles. The number of hydrogen-bond acceptors (Lipinski definition) is 2. The van der Waals surface area contributed by atoms with Crippen LogP contribution in [0.5, 0.6) is 5.75 Å². The van der Waals surface area contributed by atoms with Crippen LogP contribution in [0.4, 0.5) is 8.78 Å². The molecule has 0 fully saturated rings. The van der Waals surface area contributed by atoms with Crippen molar-refractivity contribution in [2.45, 2.75) is 46.5 Å². The van der Waals surface area contributed by atoms with Gasteiger partial charge in [0.05, 0.1) is 7.11 Å². The smallest absolute Gasteiger partial charge is 0.133 e. The van der Waals surface area contributed by atoms with Crippen molar-refractivity contribution in [3.63, 3.8) is 0 Å². The van der Waals surface area contributed by atoms with E-state index in [9.17, 15) is 8.78 Å². The van der Waals surface area contributed by atoms with Crippen LogP contribution in [0, 0.1) is 17.0 Å². The van der Waals surface area contributed by atoms with E-state index in [1.54, 1.807) is 0 Å². The molecule has 0 spiro atoms. The van der Waals surface area contributed by atoms with Crippen molar-refractivity contribution in [2.75, 3.05) is 20.2 Å². The highest BCUT2D eigenvalue weighted by Gasteiger charge is 2.20. The zero-order valence-electron chi connectivity index (χ0n) is 13.6. The van der Waals surface area contributed by atoms with Gasteiger partial charge in [-0.25, -0.2) is 8.78 Å². The van der Waals surface area contributed by atoms with E-state index in [1.165, 1.54) is 19.2 Å². The van der Waals surface area contributed by atoms with E-state index in [-0.39, 0.29) is 16.7 Å². The minimum absolute atomic E-state index is 0.0551. The Kier molecular flexibility index (Phi) is 7.09. The maximum absolute atomic E-state index is 13.9. The van der Waals surface area contributed by atoms with Gasteiger partial charge >= 0.3 is 0 Å². The summed E-state index contributed by atoms with van der Waals surface area (Å²) in [6, 6.07) is 2.49. The van der Waals surface area contributed by atoms with Gasteiger partial charge in [-0.3, -0.25) is 0 Å². The summed E-state index contributed by atoms with van der Waals surface area (Å²) in [5, 5.41) is 3.36. The molecule has 0 amide bonds. The summed E-state index contributed by atoms with van der Waals surface area (Å²) in [6.07, 6.45) is 3.26. The van der Waals surface area contributed by atoms with Crippen molar-refractivity contribution in [1.82, 2.24) is 5.32 Å². The molecule has 120 valence electrons. The molecule has 0 heterocycles. The number of methoxy groups -OCH3 is 1. The Morgan fingerprint density at radius 3 is 2.24 bits per heavy atom. The third-order valence-corrected chi connectivity index (χ3v) is 3.81. The molecule has 0 aliphatic carbocycles. The van der Waals surface area contributed by atoms with Crippen molar-refractivity contribution >= 4 is 0 Å². The van der Waals surface area contributed by atoms with E-state index in [0.717, 1.165) is 32.4 Å². The fourth-order valence-corrected chi connectivity index (χ4v) is 2.25. The third-order valence-electron chi connectivity index (χ3n) is 3.81. The molecular formula is C17H27F2NO. The fraction of sp³-hybridized carbons (Fsp3) is 0.647. The molecule has 0 aliphatic heterocycles. The van der Waals surface area contributed by atoms with Crippen LogP contribution >= 0.6 is 0 Å². The van der Waals surface area contributed by atoms with Crippen LogP contribution in [-0.2, 0) is 6.42 Å². The van der Waals surface area contributed by atoms with Crippen molar-refractivity contribution in [3.05, 3.63) is 29.3 Å². The van der Waals surface area contributed by atoms with Crippen molar-refractivity contribution in [3.8, 4) is 5.75 Å². The molecule has 4 heteroatoms. The number of hydrogen-bond donors (Lipinski definition) is 1. The summed E-state index contributed by atoms with van der Waals surface area (Å²) in [5.74, 6) is -0.824. The molecule has 0 atom stereocenters. The van der Waals surface area contributed by atoms with Crippen LogP contribution in [0.3, 0.4) is 0 Å². The molecule has 2 nitrogen and oxygen atoms in total. The normalized spacial score (nSPS) is 11.7. The number of rotatable bonds is 9. The lowest BCUT2D eigenvalue weighted by Gasteiger charge is -2.25. The number of nitrogens with one attached hydrogen (secondary N) is 1. The van der Waals surface area contributed by atoms with Crippen molar-refractivity contribution in [2.24, 2.45) is 5.41 Å². The predicted molar refractivity (Wildman–Crippen MR) is 82.8 cm³/mol. The lowest BCUT2D eigenvalue weighted by molar-refractivity contribution is 0.299. The first kappa shape index (κ1) is 17.9. The van der Waals surface area contributed by atoms with E-state index in [0.29, 0.717) is 6.42 Å². The van der Waals surface area contributed by atoms with Crippen LogP contribution in [0.25, 0.3) is 0 Å². The second-order valence-electron chi connectivity index (χ2n) is 6.23. The van der Waals surface area contributed by atoms with Gasteiger partial charge in [-0.2, -0.15) is 0 Å². The van der Waals surface area contributed by atoms with Crippen molar-refractivity contribution in [1.29, 1.82) is 0 Å². The monoisotopic (exact) mass is 299 g/mol. The third kappa shape index (κ3) is 6.00. The summed E-state index contributed by atoms with van der Waals surface area (Å²) in [6.45, 7) is 8.36. The van der Waals surface area contributed by atoms with E-state index < -0.39 is 11.6 Å². The highest BCUT2D eigenvalue weighted by atomic mass is 19.1. The maximum Gasteiger partial charge on any atom is 0.133 e. The zero-order chi connectivity index (χ0) is 15.9. The molecule has 0 aromatic heterocycles. The highest BCUT2D eigenvalue weighted by molar-refractivity contribution is 5.30. The van der Waals surface area contributed by atoms with Gasteiger partial charge in [0, 0.05) is 17.7 Å². The number of halogens is 2. The summed E-state index contributed by atoms with van der Waals surface area (Å²) >= 11 is 0. The lowest BCUT2D eigenvalue weighted by atomic mass is 9.83. The SMILES string of the molecule is CCCNCCC(C)(C)CCc1c(F)cc(OC)cc1F. The van der Waals surface area contributed by atoms with Gasteiger partial charge in [-0.1, -0.05) is 20.8 Å². The molecule has 0 radical (unpaired) electrons. The topological polar surface area (TPSA) is 21.3 Å². The number of benzene rings is 1. The summed E-state index contributed by atoms with van der Waals surface area (Å²) in [4.78, 5) is 0. The Hall–Kier alpha value is -1.16. The van der Waals surface area contributed by atoms with Gasteiger partial charge in [-0.05, 0) is 44.2 Å². The first-order chi connectivity index (χ1) is 9.89. The molecule has 0 saturated heterocycles. The lowest BCUT2D eigenvalue weighted by Crippen LogP contribution is -2.23.